The Bertz CT molecular complexity index is 1010. The van der Waals surface area contributed by atoms with Gasteiger partial charge in [-0.3, -0.25) is 4.79 Å². The minimum atomic E-state index is -0.247. The third-order valence-electron chi connectivity index (χ3n) is 6.09. The first kappa shape index (κ1) is 25.6. The third-order valence-corrected chi connectivity index (χ3v) is 6.09. The van der Waals surface area contributed by atoms with Gasteiger partial charge >= 0.3 is 5.97 Å². The molecular weight excluding hydrogens is 420 g/mol. The Kier molecular flexibility index (Phi) is 10.2. The van der Waals surface area contributed by atoms with Crippen molar-refractivity contribution in [1.82, 2.24) is 0 Å². The summed E-state index contributed by atoms with van der Waals surface area (Å²) in [4.78, 5) is 12.0. The molecule has 0 aliphatic rings. The highest BCUT2D eigenvalue weighted by molar-refractivity contribution is 5.83. The summed E-state index contributed by atoms with van der Waals surface area (Å²) >= 11 is 0. The molecule has 34 heavy (non-hydrogen) atoms. The molecule has 1 atom stereocenters. The van der Waals surface area contributed by atoms with Crippen molar-refractivity contribution in [2.45, 2.75) is 71.8 Å². The molecule has 1 unspecified atom stereocenters. The summed E-state index contributed by atoms with van der Waals surface area (Å²) in [6.07, 6.45) is 6.93. The summed E-state index contributed by atoms with van der Waals surface area (Å²) in [5.74, 6) is 0.793. The zero-order valence-electron chi connectivity index (χ0n) is 20.9. The molecule has 0 fully saturated rings. The van der Waals surface area contributed by atoms with Gasteiger partial charge in [0.1, 0.15) is 11.9 Å². The molecule has 3 heteroatoms. The number of rotatable bonds is 13. The highest BCUT2D eigenvalue weighted by atomic mass is 16.5. The van der Waals surface area contributed by atoms with Crippen molar-refractivity contribution < 1.29 is 14.3 Å². The van der Waals surface area contributed by atoms with Crippen LogP contribution in [0, 0.1) is 0 Å². The molecule has 0 saturated heterocycles. The molecule has 3 aromatic carbocycles. The fraction of sp³-hybridized carbons (Fsp3) is 0.387. The molecule has 0 N–H and O–H groups in total. The van der Waals surface area contributed by atoms with Crippen LogP contribution in [-0.2, 0) is 9.53 Å². The van der Waals surface area contributed by atoms with Crippen molar-refractivity contribution in [1.29, 1.82) is 0 Å². The Hall–Kier alpha value is -3.07. The van der Waals surface area contributed by atoms with Gasteiger partial charge in [0.25, 0.3) is 0 Å². The lowest BCUT2D eigenvalue weighted by atomic mass is 9.94. The van der Waals surface area contributed by atoms with E-state index in [2.05, 4.69) is 86.6 Å². The van der Waals surface area contributed by atoms with Gasteiger partial charge in [-0.05, 0) is 59.7 Å². The molecular formula is C31H38O3. The van der Waals surface area contributed by atoms with E-state index >= 15 is 0 Å². The number of esters is 1. The monoisotopic (exact) mass is 458 g/mol. The first-order chi connectivity index (χ1) is 16.6. The van der Waals surface area contributed by atoms with Crippen LogP contribution in [0.3, 0.4) is 0 Å². The van der Waals surface area contributed by atoms with Gasteiger partial charge in [-0.2, -0.15) is 0 Å². The van der Waals surface area contributed by atoms with Crippen LogP contribution in [0.2, 0.25) is 0 Å². The van der Waals surface area contributed by atoms with Crippen LogP contribution in [-0.4, -0.2) is 12.6 Å². The summed E-state index contributed by atoms with van der Waals surface area (Å²) < 4.78 is 11.5. The van der Waals surface area contributed by atoms with Crippen LogP contribution in [0.1, 0.15) is 77.4 Å². The largest absolute Gasteiger partial charge is 0.494 e. The number of hydrogen-bond donors (Lipinski definition) is 0. The Morgan fingerprint density at radius 1 is 0.735 bits per heavy atom. The molecule has 0 aliphatic carbocycles. The van der Waals surface area contributed by atoms with Gasteiger partial charge in [0, 0.05) is 6.42 Å². The van der Waals surface area contributed by atoms with Crippen molar-refractivity contribution in [2.24, 2.45) is 0 Å². The van der Waals surface area contributed by atoms with Crippen LogP contribution < -0.4 is 4.74 Å². The SMILES string of the molecule is CCCCCCOc1ccc(-c2ccccc2-c2ccc(C(C)OC(=O)CCCC)cc2)cc1. The zero-order valence-corrected chi connectivity index (χ0v) is 20.9. The van der Waals surface area contributed by atoms with Crippen LogP contribution >= 0.6 is 0 Å². The molecule has 0 bridgehead atoms. The predicted molar refractivity (Wildman–Crippen MR) is 141 cm³/mol. The number of carbonyl (C=O) groups is 1. The van der Waals surface area contributed by atoms with Crippen molar-refractivity contribution in [3.8, 4) is 28.0 Å². The normalized spacial score (nSPS) is 11.7. The molecule has 0 aromatic heterocycles. The molecule has 3 rings (SSSR count). The number of ether oxygens (including phenoxy) is 2. The quantitative estimate of drug-likeness (QED) is 0.190. The van der Waals surface area contributed by atoms with Crippen molar-refractivity contribution in [3.63, 3.8) is 0 Å². The fourth-order valence-electron chi connectivity index (χ4n) is 4.02. The minimum Gasteiger partial charge on any atom is -0.494 e. The Morgan fingerprint density at radius 3 is 1.91 bits per heavy atom. The highest BCUT2D eigenvalue weighted by Gasteiger charge is 2.13. The molecule has 3 nitrogen and oxygen atoms in total. The van der Waals surface area contributed by atoms with Gasteiger partial charge in [-0.1, -0.05) is 100 Å². The smallest absolute Gasteiger partial charge is 0.306 e. The highest BCUT2D eigenvalue weighted by Crippen LogP contribution is 2.33. The van der Waals surface area contributed by atoms with E-state index < -0.39 is 0 Å². The molecule has 0 aliphatic heterocycles. The standard InChI is InChI=1S/C31H38O3/c1-4-6-8-11-23-33-28-21-19-27(20-22-28)30-13-10-9-12-29(30)26-17-15-25(16-18-26)24(3)34-31(32)14-7-5-2/h9-10,12-13,15-22,24H,4-8,11,14,23H2,1-3H3. The molecule has 0 spiro atoms. The van der Waals surface area contributed by atoms with E-state index in [0.29, 0.717) is 6.42 Å². The van der Waals surface area contributed by atoms with Gasteiger partial charge in [0.2, 0.25) is 0 Å². The van der Waals surface area contributed by atoms with E-state index in [9.17, 15) is 4.79 Å². The molecule has 0 radical (unpaired) electrons. The van der Waals surface area contributed by atoms with Crippen LogP contribution in [0.15, 0.2) is 72.8 Å². The molecule has 0 amide bonds. The minimum absolute atomic E-state index is 0.128. The molecule has 0 saturated carbocycles. The average molecular weight is 459 g/mol. The second-order valence-electron chi connectivity index (χ2n) is 8.84. The van der Waals surface area contributed by atoms with Gasteiger partial charge in [0.05, 0.1) is 6.61 Å². The lowest BCUT2D eigenvalue weighted by Gasteiger charge is -2.15. The molecule has 3 aromatic rings. The van der Waals surface area contributed by atoms with Crippen molar-refractivity contribution in [2.75, 3.05) is 6.61 Å². The Labute approximate surface area is 205 Å². The van der Waals surface area contributed by atoms with E-state index in [4.69, 9.17) is 9.47 Å². The lowest BCUT2D eigenvalue weighted by molar-refractivity contribution is -0.148. The summed E-state index contributed by atoms with van der Waals surface area (Å²) in [6, 6.07) is 25.2. The van der Waals surface area contributed by atoms with E-state index in [1.165, 1.54) is 30.4 Å². The third kappa shape index (κ3) is 7.48. The zero-order chi connectivity index (χ0) is 24.2. The second-order valence-corrected chi connectivity index (χ2v) is 8.84. The van der Waals surface area contributed by atoms with Gasteiger partial charge in [-0.15, -0.1) is 0 Å². The van der Waals surface area contributed by atoms with E-state index in [0.717, 1.165) is 48.3 Å². The van der Waals surface area contributed by atoms with Crippen LogP contribution in [0.25, 0.3) is 22.3 Å². The number of benzene rings is 3. The van der Waals surface area contributed by atoms with E-state index in [1.54, 1.807) is 0 Å². The summed E-state index contributed by atoms with van der Waals surface area (Å²) in [6.45, 7) is 7.00. The van der Waals surface area contributed by atoms with Gasteiger partial charge in [0.15, 0.2) is 0 Å². The summed E-state index contributed by atoms with van der Waals surface area (Å²) in [5.41, 5.74) is 5.67. The van der Waals surface area contributed by atoms with E-state index in [-0.39, 0.29) is 12.1 Å². The maximum Gasteiger partial charge on any atom is 0.306 e. The molecule has 0 heterocycles. The first-order valence-electron chi connectivity index (χ1n) is 12.7. The summed E-state index contributed by atoms with van der Waals surface area (Å²) in [7, 11) is 0. The van der Waals surface area contributed by atoms with Crippen molar-refractivity contribution in [3.05, 3.63) is 78.4 Å². The Morgan fingerprint density at radius 2 is 1.32 bits per heavy atom. The van der Waals surface area contributed by atoms with Crippen molar-refractivity contribution >= 4 is 5.97 Å². The predicted octanol–water partition coefficient (Wildman–Crippen LogP) is 8.77. The maximum atomic E-state index is 12.0. The molecule has 180 valence electrons. The fourth-order valence-corrected chi connectivity index (χ4v) is 4.02. The van der Waals surface area contributed by atoms with Crippen LogP contribution in [0.4, 0.5) is 0 Å². The topological polar surface area (TPSA) is 35.5 Å². The van der Waals surface area contributed by atoms with E-state index in [1.807, 2.05) is 6.92 Å². The van der Waals surface area contributed by atoms with Gasteiger partial charge in [-0.25, -0.2) is 0 Å². The Balaban J connectivity index is 1.68. The van der Waals surface area contributed by atoms with Crippen LogP contribution in [0.5, 0.6) is 5.75 Å². The average Bonchev–Trinajstić information content (AvgIpc) is 2.88. The maximum absolute atomic E-state index is 12.0. The second kappa shape index (κ2) is 13.6. The number of unbranched alkanes of at least 4 members (excludes halogenated alkanes) is 4. The number of hydrogen-bond acceptors (Lipinski definition) is 3. The lowest BCUT2D eigenvalue weighted by Crippen LogP contribution is -2.08. The van der Waals surface area contributed by atoms with Gasteiger partial charge < -0.3 is 9.47 Å². The number of carbonyl (C=O) groups excluding carboxylic acids is 1. The first-order valence-corrected chi connectivity index (χ1v) is 12.7. The summed E-state index contributed by atoms with van der Waals surface area (Å²) in [5, 5.41) is 0.